The number of benzene rings is 2. The number of esters is 1. The van der Waals surface area contributed by atoms with Gasteiger partial charge in [-0.15, -0.1) is 0 Å². The van der Waals surface area contributed by atoms with Crippen molar-refractivity contribution in [3.05, 3.63) is 59.7 Å². The molecule has 0 saturated carbocycles. The Morgan fingerprint density at radius 3 is 2.35 bits per heavy atom. The van der Waals surface area contributed by atoms with Crippen LogP contribution in [0.1, 0.15) is 34.1 Å². The van der Waals surface area contributed by atoms with Gasteiger partial charge in [0.2, 0.25) is 10.0 Å². The van der Waals surface area contributed by atoms with Crippen LogP contribution in [-0.2, 0) is 14.8 Å². The molecule has 0 radical (unpaired) electrons. The van der Waals surface area contributed by atoms with Crippen molar-refractivity contribution in [3.63, 3.8) is 0 Å². The van der Waals surface area contributed by atoms with Gasteiger partial charge in [0.15, 0.2) is 0 Å². The number of rotatable bonds is 7. The summed E-state index contributed by atoms with van der Waals surface area (Å²) in [6.45, 7) is 2.21. The third-order valence-electron chi connectivity index (χ3n) is 3.51. The van der Waals surface area contributed by atoms with E-state index in [9.17, 15) is 18.0 Å². The molecule has 0 saturated heterocycles. The van der Waals surface area contributed by atoms with Gasteiger partial charge in [-0.3, -0.25) is 4.79 Å². The van der Waals surface area contributed by atoms with Gasteiger partial charge in [-0.2, -0.15) is 0 Å². The van der Waals surface area contributed by atoms with E-state index in [0.29, 0.717) is 29.8 Å². The van der Waals surface area contributed by atoms with Gasteiger partial charge >= 0.3 is 5.97 Å². The summed E-state index contributed by atoms with van der Waals surface area (Å²) in [5.74, 6) is -0.923. The Morgan fingerprint density at radius 1 is 1.04 bits per heavy atom. The van der Waals surface area contributed by atoms with Gasteiger partial charge in [0, 0.05) is 17.8 Å². The van der Waals surface area contributed by atoms with E-state index in [1.807, 2.05) is 6.92 Å². The Kier molecular flexibility index (Phi) is 6.48. The fraction of sp³-hybridized carbons (Fsp3) is 0.222. The summed E-state index contributed by atoms with van der Waals surface area (Å²) in [6.07, 6.45) is 0.685. The largest absolute Gasteiger partial charge is 0.465 e. The van der Waals surface area contributed by atoms with Gasteiger partial charge in [-0.1, -0.05) is 13.0 Å². The minimum atomic E-state index is -3.57. The molecule has 0 bridgehead atoms. The molecule has 0 aromatic heterocycles. The minimum absolute atomic E-state index is 0.0928. The van der Waals surface area contributed by atoms with Crippen molar-refractivity contribution in [3.8, 4) is 0 Å². The molecule has 2 aromatic rings. The fourth-order valence-corrected chi connectivity index (χ4v) is 3.28. The maximum absolute atomic E-state index is 12.3. The highest BCUT2D eigenvalue weighted by atomic mass is 32.2. The molecule has 0 atom stereocenters. The fourth-order valence-electron chi connectivity index (χ4n) is 2.15. The molecule has 1 amide bonds. The van der Waals surface area contributed by atoms with Gasteiger partial charge in [-0.25, -0.2) is 17.9 Å². The highest BCUT2D eigenvalue weighted by Crippen LogP contribution is 2.15. The van der Waals surface area contributed by atoms with Crippen molar-refractivity contribution < 1.29 is 22.7 Å². The number of amides is 1. The average molecular weight is 376 g/mol. The number of sulfonamides is 1. The van der Waals surface area contributed by atoms with Gasteiger partial charge in [-0.05, 0) is 48.9 Å². The predicted octanol–water partition coefficient (Wildman–Crippen LogP) is 2.41. The van der Waals surface area contributed by atoms with Crippen LogP contribution in [0.25, 0.3) is 0 Å². The summed E-state index contributed by atoms with van der Waals surface area (Å²) in [5, 5.41) is 2.66. The zero-order chi connectivity index (χ0) is 19.2. The van der Waals surface area contributed by atoms with Crippen LogP contribution in [0.15, 0.2) is 53.4 Å². The zero-order valence-electron chi connectivity index (χ0n) is 14.5. The SMILES string of the molecule is CCCNS(=O)(=O)c1ccc(C(=O)Nc2cccc(C(=O)OC)c2)cc1. The molecule has 7 nitrogen and oxygen atoms in total. The number of methoxy groups -OCH3 is 1. The molecule has 2 rings (SSSR count). The van der Waals surface area contributed by atoms with Crippen molar-refractivity contribution in [2.24, 2.45) is 0 Å². The van der Waals surface area contributed by atoms with E-state index in [1.54, 1.807) is 18.2 Å². The number of hydrogen-bond acceptors (Lipinski definition) is 5. The first-order valence-electron chi connectivity index (χ1n) is 7.97. The second kappa shape index (κ2) is 8.59. The van der Waals surface area contributed by atoms with Gasteiger partial charge in [0.05, 0.1) is 17.6 Å². The van der Waals surface area contributed by atoms with E-state index in [2.05, 4.69) is 14.8 Å². The topological polar surface area (TPSA) is 102 Å². The number of hydrogen-bond donors (Lipinski definition) is 2. The highest BCUT2D eigenvalue weighted by molar-refractivity contribution is 7.89. The van der Waals surface area contributed by atoms with Gasteiger partial charge in [0.25, 0.3) is 5.91 Å². The number of carbonyl (C=O) groups excluding carboxylic acids is 2. The molecule has 0 aliphatic rings. The first-order valence-corrected chi connectivity index (χ1v) is 9.45. The molecule has 2 N–H and O–H groups in total. The summed E-state index contributed by atoms with van der Waals surface area (Å²) in [4.78, 5) is 23.9. The van der Waals surface area contributed by atoms with Crippen LogP contribution in [0.4, 0.5) is 5.69 Å². The quantitative estimate of drug-likeness (QED) is 0.723. The lowest BCUT2D eigenvalue weighted by atomic mass is 10.1. The van der Waals surface area contributed by atoms with Crippen molar-refractivity contribution >= 4 is 27.6 Å². The predicted molar refractivity (Wildman–Crippen MR) is 97.7 cm³/mol. The van der Waals surface area contributed by atoms with Crippen LogP contribution in [0.2, 0.25) is 0 Å². The first-order chi connectivity index (χ1) is 12.4. The lowest BCUT2D eigenvalue weighted by Crippen LogP contribution is -2.24. The van der Waals surface area contributed by atoms with Crippen molar-refractivity contribution in [1.29, 1.82) is 0 Å². The summed E-state index contributed by atoms with van der Waals surface area (Å²) in [6, 6.07) is 11.9. The van der Waals surface area contributed by atoms with Crippen molar-refractivity contribution in [1.82, 2.24) is 4.72 Å². The summed E-state index contributed by atoms with van der Waals surface area (Å²) >= 11 is 0. The summed E-state index contributed by atoms with van der Waals surface area (Å²) in [5.41, 5.74) is 1.04. The molecule has 2 aromatic carbocycles. The second-order valence-electron chi connectivity index (χ2n) is 5.45. The Bertz CT molecular complexity index is 892. The molecule has 0 spiro atoms. The van der Waals surface area contributed by atoms with Gasteiger partial charge < -0.3 is 10.1 Å². The average Bonchev–Trinajstić information content (AvgIpc) is 2.66. The van der Waals surface area contributed by atoms with Crippen molar-refractivity contribution in [2.75, 3.05) is 19.0 Å². The summed E-state index contributed by atoms with van der Waals surface area (Å²) < 4.78 is 31.2. The lowest BCUT2D eigenvalue weighted by molar-refractivity contribution is 0.0600. The number of anilines is 1. The van der Waals surface area contributed by atoms with Crippen LogP contribution in [0.5, 0.6) is 0 Å². The molecule has 0 fully saturated rings. The van der Waals surface area contributed by atoms with Crippen molar-refractivity contribution in [2.45, 2.75) is 18.2 Å². The summed E-state index contributed by atoms with van der Waals surface area (Å²) in [7, 11) is -2.30. The van der Waals surface area contributed by atoms with Crippen LogP contribution < -0.4 is 10.0 Å². The first kappa shape index (κ1) is 19.6. The number of carbonyl (C=O) groups is 2. The molecule has 0 unspecified atom stereocenters. The molecule has 26 heavy (non-hydrogen) atoms. The molecule has 0 heterocycles. The normalized spacial score (nSPS) is 11.0. The molecular weight excluding hydrogens is 356 g/mol. The van der Waals surface area contributed by atoms with E-state index >= 15 is 0 Å². The van der Waals surface area contributed by atoms with Crippen LogP contribution in [0.3, 0.4) is 0 Å². The van der Waals surface area contributed by atoms with E-state index in [-0.39, 0.29) is 4.90 Å². The molecule has 0 aliphatic carbocycles. The molecule has 8 heteroatoms. The van der Waals surface area contributed by atoms with Crippen LogP contribution >= 0.6 is 0 Å². The third-order valence-corrected chi connectivity index (χ3v) is 4.99. The Morgan fingerprint density at radius 2 is 1.73 bits per heavy atom. The van der Waals surface area contributed by atoms with E-state index in [0.717, 1.165) is 0 Å². The van der Waals surface area contributed by atoms with Crippen LogP contribution in [0, 0.1) is 0 Å². The molecule has 0 aliphatic heterocycles. The Labute approximate surface area is 152 Å². The van der Waals surface area contributed by atoms with E-state index < -0.39 is 21.9 Å². The monoisotopic (exact) mass is 376 g/mol. The smallest absolute Gasteiger partial charge is 0.337 e. The second-order valence-corrected chi connectivity index (χ2v) is 7.22. The highest BCUT2D eigenvalue weighted by Gasteiger charge is 2.14. The zero-order valence-corrected chi connectivity index (χ0v) is 15.3. The van der Waals surface area contributed by atoms with E-state index in [4.69, 9.17) is 0 Å². The standard InChI is InChI=1S/C18H20N2O5S/c1-3-11-19-26(23,24)16-9-7-13(8-10-16)17(21)20-15-6-4-5-14(12-15)18(22)25-2/h4-10,12,19H,3,11H2,1-2H3,(H,20,21). The number of nitrogens with one attached hydrogen (secondary N) is 2. The maximum atomic E-state index is 12.3. The Hall–Kier alpha value is -2.71. The molecule has 138 valence electrons. The maximum Gasteiger partial charge on any atom is 0.337 e. The minimum Gasteiger partial charge on any atom is -0.465 e. The Balaban J connectivity index is 2.12. The van der Waals surface area contributed by atoms with E-state index in [1.165, 1.54) is 37.4 Å². The van der Waals surface area contributed by atoms with Crippen LogP contribution in [-0.4, -0.2) is 33.9 Å². The van der Waals surface area contributed by atoms with Gasteiger partial charge in [0.1, 0.15) is 0 Å². The third kappa shape index (κ3) is 4.90. The molecular formula is C18H20N2O5S. The lowest BCUT2D eigenvalue weighted by Gasteiger charge is -2.08. The number of ether oxygens (including phenoxy) is 1.